The maximum Gasteiger partial charge on any atom is 0.290 e. The molecule has 0 saturated heterocycles. The molecule has 2 N–H and O–H groups in total. The minimum atomic E-state index is -0.250. The van der Waals surface area contributed by atoms with Crippen LogP contribution < -0.4 is 5.32 Å². The number of benzene rings is 1. The number of anilines is 1. The van der Waals surface area contributed by atoms with Gasteiger partial charge in [-0.2, -0.15) is 0 Å². The Balaban J connectivity index is 0.000000583. The number of carboxylic acid groups (broad SMARTS) is 1. The Labute approximate surface area is 92.2 Å². The summed E-state index contributed by atoms with van der Waals surface area (Å²) in [7, 11) is 0. The lowest BCUT2D eigenvalue weighted by molar-refractivity contribution is -0.122. The second-order valence-electron chi connectivity index (χ2n) is 2.31. The van der Waals surface area contributed by atoms with Gasteiger partial charge < -0.3 is 10.4 Å². The molecule has 80 valence electrons. The van der Waals surface area contributed by atoms with Crippen LogP contribution in [0.4, 0.5) is 5.69 Å². The summed E-state index contributed by atoms with van der Waals surface area (Å²) in [5.74, 6) is -0.239. The molecule has 0 unspecified atom stereocenters. The maximum absolute atomic E-state index is 10.8. The molecule has 0 aliphatic rings. The standard InChI is InChI=1S/C9H8ClNO.CH2O2/c1-2-9(12)11-8-5-3-4-7(10)6-8;2-1-3/h2-6H,1H2,(H,11,12);1H,(H,2,3). The Morgan fingerprint density at radius 3 is 2.60 bits per heavy atom. The van der Waals surface area contributed by atoms with E-state index in [-0.39, 0.29) is 12.4 Å². The van der Waals surface area contributed by atoms with Crippen LogP contribution in [0.25, 0.3) is 0 Å². The highest BCUT2D eigenvalue weighted by atomic mass is 35.5. The van der Waals surface area contributed by atoms with Gasteiger partial charge in [0.05, 0.1) is 0 Å². The fourth-order valence-corrected chi connectivity index (χ4v) is 0.950. The minimum absolute atomic E-state index is 0.239. The van der Waals surface area contributed by atoms with Crippen LogP contribution in [0.5, 0.6) is 0 Å². The van der Waals surface area contributed by atoms with Gasteiger partial charge >= 0.3 is 0 Å². The van der Waals surface area contributed by atoms with Gasteiger partial charge in [0.1, 0.15) is 0 Å². The lowest BCUT2D eigenvalue weighted by Crippen LogP contribution is -2.06. The van der Waals surface area contributed by atoms with E-state index in [1.54, 1.807) is 24.3 Å². The third-order valence-electron chi connectivity index (χ3n) is 1.28. The van der Waals surface area contributed by atoms with Gasteiger partial charge in [-0.3, -0.25) is 9.59 Å². The summed E-state index contributed by atoms with van der Waals surface area (Å²) in [5.41, 5.74) is 0.674. The van der Waals surface area contributed by atoms with E-state index in [9.17, 15) is 4.79 Å². The first-order chi connectivity index (χ1) is 7.13. The third-order valence-corrected chi connectivity index (χ3v) is 1.51. The highest BCUT2D eigenvalue weighted by Gasteiger charge is 1.95. The van der Waals surface area contributed by atoms with E-state index in [1.165, 1.54) is 6.08 Å². The van der Waals surface area contributed by atoms with Gasteiger partial charge in [0.2, 0.25) is 5.91 Å². The van der Waals surface area contributed by atoms with E-state index >= 15 is 0 Å². The average molecular weight is 228 g/mol. The zero-order valence-electron chi connectivity index (χ0n) is 7.81. The molecule has 5 heteroatoms. The van der Waals surface area contributed by atoms with Crippen molar-refractivity contribution in [2.24, 2.45) is 0 Å². The molecule has 1 aromatic rings. The Kier molecular flexibility index (Phi) is 6.67. The number of carbonyl (C=O) groups is 2. The molecule has 1 rings (SSSR count). The van der Waals surface area contributed by atoms with Crippen molar-refractivity contribution >= 4 is 29.7 Å². The summed E-state index contributed by atoms with van der Waals surface area (Å²) in [4.78, 5) is 19.2. The fourth-order valence-electron chi connectivity index (χ4n) is 0.760. The van der Waals surface area contributed by atoms with Crippen LogP contribution in [-0.2, 0) is 9.59 Å². The van der Waals surface area contributed by atoms with Gasteiger partial charge in [-0.25, -0.2) is 0 Å². The number of halogens is 1. The summed E-state index contributed by atoms with van der Waals surface area (Å²) in [6.07, 6.45) is 1.21. The Morgan fingerprint density at radius 1 is 1.53 bits per heavy atom. The Bertz CT molecular complexity index is 352. The van der Waals surface area contributed by atoms with Crippen molar-refractivity contribution < 1.29 is 14.7 Å². The van der Waals surface area contributed by atoms with E-state index < -0.39 is 0 Å². The second kappa shape index (κ2) is 7.58. The highest BCUT2D eigenvalue weighted by Crippen LogP contribution is 2.14. The zero-order valence-corrected chi connectivity index (χ0v) is 8.57. The van der Waals surface area contributed by atoms with Crippen molar-refractivity contribution in [2.75, 3.05) is 5.32 Å². The molecule has 0 heterocycles. The number of amides is 1. The molecular formula is C10H10ClNO3. The van der Waals surface area contributed by atoms with Crippen molar-refractivity contribution in [1.29, 1.82) is 0 Å². The molecule has 0 aromatic heterocycles. The van der Waals surface area contributed by atoms with Crippen LogP contribution in [0, 0.1) is 0 Å². The second-order valence-corrected chi connectivity index (χ2v) is 2.75. The first-order valence-electron chi connectivity index (χ1n) is 3.91. The van der Waals surface area contributed by atoms with Crippen LogP contribution in [0.15, 0.2) is 36.9 Å². The van der Waals surface area contributed by atoms with E-state index in [4.69, 9.17) is 21.5 Å². The minimum Gasteiger partial charge on any atom is -0.483 e. The molecule has 4 nitrogen and oxygen atoms in total. The number of hydrogen-bond donors (Lipinski definition) is 2. The predicted octanol–water partition coefficient (Wildman–Crippen LogP) is 2.17. The summed E-state index contributed by atoms with van der Waals surface area (Å²) in [5, 5.41) is 10.1. The highest BCUT2D eigenvalue weighted by molar-refractivity contribution is 6.30. The quantitative estimate of drug-likeness (QED) is 0.601. The monoisotopic (exact) mass is 227 g/mol. The van der Waals surface area contributed by atoms with Crippen molar-refractivity contribution in [2.45, 2.75) is 0 Å². The van der Waals surface area contributed by atoms with Gasteiger partial charge in [-0.05, 0) is 24.3 Å². The van der Waals surface area contributed by atoms with E-state index in [0.717, 1.165) is 0 Å². The van der Waals surface area contributed by atoms with Crippen LogP contribution in [0.2, 0.25) is 5.02 Å². The van der Waals surface area contributed by atoms with Crippen LogP contribution >= 0.6 is 11.6 Å². The first-order valence-corrected chi connectivity index (χ1v) is 4.28. The van der Waals surface area contributed by atoms with E-state index in [1.807, 2.05) is 0 Å². The maximum atomic E-state index is 10.8. The molecule has 1 aromatic carbocycles. The molecule has 0 bridgehead atoms. The van der Waals surface area contributed by atoms with Gasteiger partial charge in [0.25, 0.3) is 6.47 Å². The van der Waals surface area contributed by atoms with Crippen molar-refractivity contribution in [3.8, 4) is 0 Å². The first kappa shape index (κ1) is 13.2. The number of carbonyl (C=O) groups excluding carboxylic acids is 1. The smallest absolute Gasteiger partial charge is 0.290 e. The van der Waals surface area contributed by atoms with Gasteiger partial charge in [-0.15, -0.1) is 0 Å². The van der Waals surface area contributed by atoms with Crippen LogP contribution in [0.3, 0.4) is 0 Å². The molecule has 0 fully saturated rings. The molecule has 1 amide bonds. The normalized spacial score (nSPS) is 8.07. The molecule has 0 radical (unpaired) electrons. The lowest BCUT2D eigenvalue weighted by Gasteiger charge is -2.00. The molecule has 0 atom stereocenters. The molecular weight excluding hydrogens is 218 g/mol. The van der Waals surface area contributed by atoms with Gasteiger partial charge in [0.15, 0.2) is 0 Å². The third kappa shape index (κ3) is 6.29. The van der Waals surface area contributed by atoms with Crippen LogP contribution in [0.1, 0.15) is 0 Å². The van der Waals surface area contributed by atoms with Crippen molar-refractivity contribution in [1.82, 2.24) is 0 Å². The predicted molar refractivity (Wildman–Crippen MR) is 59.0 cm³/mol. The number of rotatable bonds is 2. The molecule has 0 aliphatic heterocycles. The topological polar surface area (TPSA) is 66.4 Å². The average Bonchev–Trinajstić information content (AvgIpc) is 2.19. The molecule has 0 aliphatic carbocycles. The summed E-state index contributed by atoms with van der Waals surface area (Å²) in [6.45, 7) is 3.08. The van der Waals surface area contributed by atoms with Crippen molar-refractivity contribution in [3.05, 3.63) is 41.9 Å². The molecule has 0 saturated carbocycles. The van der Waals surface area contributed by atoms with E-state index in [0.29, 0.717) is 10.7 Å². The number of hydrogen-bond acceptors (Lipinski definition) is 2. The van der Waals surface area contributed by atoms with Crippen LogP contribution in [-0.4, -0.2) is 17.5 Å². The Morgan fingerprint density at radius 2 is 2.13 bits per heavy atom. The van der Waals surface area contributed by atoms with Gasteiger partial charge in [-0.1, -0.05) is 24.2 Å². The number of nitrogens with one attached hydrogen (secondary N) is 1. The van der Waals surface area contributed by atoms with E-state index in [2.05, 4.69) is 11.9 Å². The summed E-state index contributed by atoms with van der Waals surface area (Å²) in [6, 6.07) is 6.93. The van der Waals surface area contributed by atoms with Crippen molar-refractivity contribution in [3.63, 3.8) is 0 Å². The SMILES string of the molecule is C=CC(=O)Nc1cccc(Cl)c1.O=CO. The summed E-state index contributed by atoms with van der Waals surface area (Å²) >= 11 is 5.69. The molecule has 15 heavy (non-hydrogen) atoms. The Hall–Kier alpha value is -1.81. The van der Waals surface area contributed by atoms with Gasteiger partial charge in [0, 0.05) is 10.7 Å². The fraction of sp³-hybridized carbons (Fsp3) is 0. The largest absolute Gasteiger partial charge is 0.483 e. The lowest BCUT2D eigenvalue weighted by atomic mass is 10.3. The summed E-state index contributed by atoms with van der Waals surface area (Å²) < 4.78 is 0. The zero-order chi connectivity index (χ0) is 11.7. The molecule has 0 spiro atoms.